The molecule has 2 aromatic rings. The van der Waals surface area contributed by atoms with Gasteiger partial charge in [-0.05, 0) is 46.5 Å². The van der Waals surface area contributed by atoms with E-state index in [9.17, 15) is 0 Å². The van der Waals surface area contributed by atoms with Crippen LogP contribution in [0.15, 0.2) is 23.6 Å². The standard InChI is InChI=1S/C9H6S/c1-2-10-9-5-8-4-7(8)3-6(1)9/h1-3,5H,4H2. The van der Waals surface area contributed by atoms with Crippen molar-refractivity contribution in [2.75, 3.05) is 0 Å². The van der Waals surface area contributed by atoms with Gasteiger partial charge < -0.3 is 0 Å². The fraction of sp³-hybridized carbons (Fsp3) is 0.111. The molecule has 0 saturated heterocycles. The van der Waals surface area contributed by atoms with Gasteiger partial charge in [0.25, 0.3) is 0 Å². The maximum atomic E-state index is 2.31. The summed E-state index contributed by atoms with van der Waals surface area (Å²) in [4.78, 5) is 0. The molecule has 1 aromatic heterocycles. The van der Waals surface area contributed by atoms with Gasteiger partial charge in [0, 0.05) is 4.70 Å². The van der Waals surface area contributed by atoms with Gasteiger partial charge in [-0.3, -0.25) is 0 Å². The van der Waals surface area contributed by atoms with Crippen molar-refractivity contribution in [3.8, 4) is 0 Å². The molecule has 0 aliphatic heterocycles. The number of rotatable bonds is 0. The maximum absolute atomic E-state index is 2.31. The number of hydrogen-bond donors (Lipinski definition) is 0. The van der Waals surface area contributed by atoms with E-state index in [0.29, 0.717) is 0 Å². The second-order valence-electron chi connectivity index (χ2n) is 2.76. The fourth-order valence-electron chi connectivity index (χ4n) is 1.36. The predicted octanol–water partition coefficient (Wildman–Crippen LogP) is 2.81. The van der Waals surface area contributed by atoms with Gasteiger partial charge in [0.2, 0.25) is 0 Å². The largest absolute Gasteiger partial charge is 0.144 e. The lowest BCUT2D eigenvalue weighted by molar-refractivity contribution is 1.61. The summed E-state index contributed by atoms with van der Waals surface area (Å²) in [7, 11) is 0. The lowest BCUT2D eigenvalue weighted by Crippen LogP contribution is -1.56. The van der Waals surface area contributed by atoms with E-state index < -0.39 is 0 Å². The molecule has 1 heteroatoms. The molecule has 0 bridgehead atoms. The smallest absolute Gasteiger partial charge is 0.0345 e. The van der Waals surface area contributed by atoms with Crippen molar-refractivity contribution < 1.29 is 0 Å². The minimum atomic E-state index is 1.24. The molecule has 0 saturated carbocycles. The molecule has 0 spiro atoms. The van der Waals surface area contributed by atoms with Gasteiger partial charge in [0.05, 0.1) is 0 Å². The number of hydrogen-bond acceptors (Lipinski definition) is 1. The fourth-order valence-corrected chi connectivity index (χ4v) is 2.20. The van der Waals surface area contributed by atoms with E-state index in [1.54, 1.807) is 11.1 Å². The molecule has 0 radical (unpaired) electrons. The lowest BCUT2D eigenvalue weighted by atomic mass is 10.3. The molecular weight excluding hydrogens is 140 g/mol. The molecular formula is C9H6S. The first-order valence-corrected chi connectivity index (χ1v) is 4.30. The first kappa shape index (κ1) is 4.91. The third-order valence-corrected chi connectivity index (χ3v) is 2.91. The van der Waals surface area contributed by atoms with Crippen LogP contribution in [0.5, 0.6) is 0 Å². The average Bonchev–Trinajstić information content (AvgIpc) is 2.52. The highest BCUT2D eigenvalue weighted by Crippen LogP contribution is 2.34. The molecule has 48 valence electrons. The van der Waals surface area contributed by atoms with E-state index in [1.807, 2.05) is 11.3 Å². The minimum Gasteiger partial charge on any atom is -0.144 e. The quantitative estimate of drug-likeness (QED) is 0.457. The van der Waals surface area contributed by atoms with Crippen LogP contribution in [0.2, 0.25) is 0 Å². The van der Waals surface area contributed by atoms with Crippen molar-refractivity contribution in [3.63, 3.8) is 0 Å². The van der Waals surface area contributed by atoms with E-state index in [4.69, 9.17) is 0 Å². The number of thiophene rings is 1. The van der Waals surface area contributed by atoms with Gasteiger partial charge in [-0.25, -0.2) is 0 Å². The Morgan fingerprint density at radius 1 is 1.20 bits per heavy atom. The first-order chi connectivity index (χ1) is 4.93. The van der Waals surface area contributed by atoms with E-state index in [0.717, 1.165) is 0 Å². The van der Waals surface area contributed by atoms with Gasteiger partial charge in [-0.2, -0.15) is 0 Å². The molecule has 0 atom stereocenters. The molecule has 1 aliphatic rings. The number of fused-ring (bicyclic) bond motifs is 2. The molecule has 0 amide bonds. The Balaban J connectivity index is 2.58. The van der Waals surface area contributed by atoms with E-state index in [-0.39, 0.29) is 0 Å². The van der Waals surface area contributed by atoms with Gasteiger partial charge in [-0.15, -0.1) is 11.3 Å². The summed E-state index contributed by atoms with van der Waals surface area (Å²) in [5.41, 5.74) is 3.10. The van der Waals surface area contributed by atoms with Gasteiger partial charge in [0.1, 0.15) is 0 Å². The molecule has 1 aromatic carbocycles. The van der Waals surface area contributed by atoms with Crippen LogP contribution >= 0.6 is 11.3 Å². The Morgan fingerprint density at radius 3 is 3.10 bits per heavy atom. The molecule has 1 heterocycles. The van der Waals surface area contributed by atoms with Crippen molar-refractivity contribution in [2.24, 2.45) is 0 Å². The highest BCUT2D eigenvalue weighted by molar-refractivity contribution is 7.17. The average molecular weight is 146 g/mol. The maximum Gasteiger partial charge on any atom is 0.0345 e. The van der Waals surface area contributed by atoms with Crippen molar-refractivity contribution in [2.45, 2.75) is 6.42 Å². The monoisotopic (exact) mass is 146 g/mol. The van der Waals surface area contributed by atoms with Crippen LogP contribution < -0.4 is 0 Å². The van der Waals surface area contributed by atoms with E-state index in [2.05, 4.69) is 23.6 Å². The highest BCUT2D eigenvalue weighted by atomic mass is 32.1. The zero-order valence-corrected chi connectivity index (χ0v) is 6.24. The van der Waals surface area contributed by atoms with Crippen LogP contribution in [0.25, 0.3) is 10.1 Å². The molecule has 3 rings (SSSR count). The molecule has 1 aliphatic carbocycles. The van der Waals surface area contributed by atoms with Crippen molar-refractivity contribution in [1.82, 2.24) is 0 Å². The van der Waals surface area contributed by atoms with E-state index >= 15 is 0 Å². The Morgan fingerprint density at radius 2 is 2.10 bits per heavy atom. The summed E-state index contributed by atoms with van der Waals surface area (Å²) >= 11 is 1.83. The topological polar surface area (TPSA) is 0 Å². The number of benzene rings is 1. The van der Waals surface area contributed by atoms with Crippen LogP contribution in [0, 0.1) is 0 Å². The van der Waals surface area contributed by atoms with Crippen molar-refractivity contribution in [1.29, 1.82) is 0 Å². The molecule has 0 nitrogen and oxygen atoms in total. The molecule has 0 unspecified atom stereocenters. The van der Waals surface area contributed by atoms with Gasteiger partial charge in [-0.1, -0.05) is 0 Å². The lowest BCUT2D eigenvalue weighted by Gasteiger charge is -1.81. The zero-order valence-electron chi connectivity index (χ0n) is 5.42. The normalized spacial score (nSPS) is 13.6. The predicted molar refractivity (Wildman–Crippen MR) is 44.6 cm³/mol. The second-order valence-corrected chi connectivity index (χ2v) is 3.70. The second kappa shape index (κ2) is 1.43. The van der Waals surface area contributed by atoms with Crippen LogP contribution in [0.4, 0.5) is 0 Å². The third-order valence-electron chi connectivity index (χ3n) is 2.03. The third kappa shape index (κ3) is 0.510. The van der Waals surface area contributed by atoms with Crippen molar-refractivity contribution in [3.05, 3.63) is 34.7 Å². The summed E-state index contributed by atoms with van der Waals surface area (Å²) in [5.74, 6) is 0. The summed E-state index contributed by atoms with van der Waals surface area (Å²) in [6.45, 7) is 0. The summed E-state index contributed by atoms with van der Waals surface area (Å²) in [6.07, 6.45) is 1.24. The Labute approximate surface area is 63.1 Å². The molecule has 0 N–H and O–H groups in total. The van der Waals surface area contributed by atoms with Crippen LogP contribution in [0.3, 0.4) is 0 Å². The Hall–Kier alpha value is -0.820. The van der Waals surface area contributed by atoms with Crippen LogP contribution in [-0.2, 0) is 6.42 Å². The Kier molecular flexibility index (Phi) is 0.702. The van der Waals surface area contributed by atoms with Gasteiger partial charge >= 0.3 is 0 Å². The minimum absolute atomic E-state index is 1.24. The Bertz CT molecular complexity index is 362. The zero-order chi connectivity index (χ0) is 6.55. The van der Waals surface area contributed by atoms with Gasteiger partial charge in [0.15, 0.2) is 0 Å². The summed E-state index contributed by atoms with van der Waals surface area (Å²) in [5, 5.41) is 3.57. The van der Waals surface area contributed by atoms with Crippen molar-refractivity contribution >= 4 is 21.4 Å². The van der Waals surface area contributed by atoms with Crippen LogP contribution in [0.1, 0.15) is 11.1 Å². The molecule has 10 heavy (non-hydrogen) atoms. The summed E-state index contributed by atoms with van der Waals surface area (Å²) < 4.78 is 1.44. The van der Waals surface area contributed by atoms with E-state index in [1.165, 1.54) is 16.5 Å². The SMILES string of the molecule is c1cc2cc3c(cc2s1)C3. The van der Waals surface area contributed by atoms with Crippen LogP contribution in [-0.4, -0.2) is 0 Å². The highest BCUT2D eigenvalue weighted by Gasteiger charge is 2.16. The summed E-state index contributed by atoms with van der Waals surface area (Å²) in [6, 6.07) is 6.81. The molecule has 0 fully saturated rings. The first-order valence-electron chi connectivity index (χ1n) is 3.42.